The molecule has 0 aromatic heterocycles. The largest absolute Gasteiger partial charge is 0.488 e. The maximum atomic E-state index is 11.0. The molecular weight excluding hydrogens is 616 g/mol. The molecule has 7 heteroatoms. The third-order valence-corrected chi connectivity index (χ3v) is 9.68. The SMILES string of the molecule is COC(=[OH+])C1CCC(c2ccccc2)(c2ccccc2)C1O.COC(=[OH+])C1CCC(c2ccccc2)(c2ccccc2)C1O.[Cu]. The molecular formula is C38H42CuO6+2. The third kappa shape index (κ3) is 6.36. The van der Waals surface area contributed by atoms with Gasteiger partial charge in [-0.1, -0.05) is 121 Å². The van der Waals surface area contributed by atoms with Crippen LogP contribution in [0.5, 0.6) is 0 Å². The summed E-state index contributed by atoms with van der Waals surface area (Å²) in [6.45, 7) is 0. The molecule has 239 valence electrons. The summed E-state index contributed by atoms with van der Waals surface area (Å²) < 4.78 is 9.96. The minimum absolute atomic E-state index is 0. The van der Waals surface area contributed by atoms with Crippen LogP contribution in [0.25, 0.3) is 0 Å². The molecule has 4 aromatic rings. The van der Waals surface area contributed by atoms with E-state index in [4.69, 9.17) is 9.47 Å². The molecule has 4 aromatic carbocycles. The molecule has 0 amide bonds. The molecule has 2 aliphatic carbocycles. The topological polar surface area (TPSA) is 102 Å². The van der Waals surface area contributed by atoms with Crippen molar-refractivity contribution in [3.05, 3.63) is 144 Å². The van der Waals surface area contributed by atoms with Gasteiger partial charge in [0.15, 0.2) is 14.2 Å². The van der Waals surface area contributed by atoms with Gasteiger partial charge in [0.1, 0.15) is 11.8 Å². The summed E-state index contributed by atoms with van der Waals surface area (Å²) in [5, 5.41) is 22.1. The molecule has 2 saturated carbocycles. The van der Waals surface area contributed by atoms with Crippen LogP contribution in [0.4, 0.5) is 0 Å². The molecule has 0 spiro atoms. The van der Waals surface area contributed by atoms with Gasteiger partial charge in [0.25, 0.3) is 0 Å². The molecule has 6 nitrogen and oxygen atoms in total. The molecule has 4 unspecified atom stereocenters. The summed E-state index contributed by atoms with van der Waals surface area (Å²) in [7, 11) is 2.88. The number of benzene rings is 4. The first-order valence-corrected chi connectivity index (χ1v) is 15.2. The minimum Gasteiger partial charge on any atom is -0.391 e. The number of ether oxygens (including phenoxy) is 2. The van der Waals surface area contributed by atoms with Crippen LogP contribution < -0.4 is 0 Å². The molecule has 1 radical (unpaired) electrons. The van der Waals surface area contributed by atoms with Gasteiger partial charge in [-0.05, 0) is 47.9 Å². The van der Waals surface area contributed by atoms with E-state index in [1.807, 2.05) is 121 Å². The van der Waals surface area contributed by atoms with Crippen LogP contribution in [-0.2, 0) is 37.4 Å². The van der Waals surface area contributed by atoms with Crippen molar-refractivity contribution in [2.24, 2.45) is 11.8 Å². The Hall–Kier alpha value is -3.74. The molecule has 2 aliphatic rings. The predicted octanol–water partition coefficient (Wildman–Crippen LogP) is 5.78. The van der Waals surface area contributed by atoms with Crippen molar-refractivity contribution >= 4 is 11.9 Å². The van der Waals surface area contributed by atoms with E-state index in [1.165, 1.54) is 14.2 Å². The van der Waals surface area contributed by atoms with E-state index >= 15 is 0 Å². The number of hydrogen-bond donors (Lipinski definition) is 2. The average Bonchev–Trinajstić information content (AvgIpc) is 3.63. The zero-order chi connectivity index (χ0) is 31.2. The molecule has 0 aliphatic heterocycles. The Balaban J connectivity index is 0.000000200. The van der Waals surface area contributed by atoms with Crippen molar-refractivity contribution in [2.75, 3.05) is 14.2 Å². The number of rotatable bonds is 6. The minimum atomic E-state index is -0.725. The molecule has 0 bridgehead atoms. The second kappa shape index (κ2) is 15.0. The first-order valence-electron chi connectivity index (χ1n) is 15.2. The third-order valence-electron chi connectivity index (χ3n) is 9.68. The summed E-state index contributed by atoms with van der Waals surface area (Å²) >= 11 is 0. The van der Waals surface area contributed by atoms with Crippen molar-refractivity contribution in [3.63, 3.8) is 0 Å². The van der Waals surface area contributed by atoms with Gasteiger partial charge >= 0.3 is 11.9 Å². The van der Waals surface area contributed by atoms with E-state index in [2.05, 4.69) is 0 Å². The van der Waals surface area contributed by atoms with Crippen molar-refractivity contribution in [2.45, 2.75) is 48.7 Å². The second-order valence-corrected chi connectivity index (χ2v) is 11.7. The zero-order valence-corrected chi connectivity index (χ0v) is 26.5. The summed E-state index contributed by atoms with van der Waals surface area (Å²) in [4.78, 5) is 20.0. The molecule has 4 atom stereocenters. The van der Waals surface area contributed by atoms with E-state index in [0.29, 0.717) is 12.8 Å². The Labute approximate surface area is 275 Å². The normalized spacial score (nSPS) is 22.7. The van der Waals surface area contributed by atoms with Crippen LogP contribution in [0.1, 0.15) is 47.9 Å². The summed E-state index contributed by atoms with van der Waals surface area (Å²) in [5.41, 5.74) is 3.25. The molecule has 45 heavy (non-hydrogen) atoms. The van der Waals surface area contributed by atoms with E-state index in [9.17, 15) is 19.8 Å². The van der Waals surface area contributed by atoms with Gasteiger partial charge in [0, 0.05) is 27.9 Å². The number of methoxy groups -OCH3 is 2. The molecule has 0 saturated heterocycles. The van der Waals surface area contributed by atoms with Gasteiger partial charge < -0.3 is 29.3 Å². The van der Waals surface area contributed by atoms with Crippen LogP contribution >= 0.6 is 0 Å². The Morgan fingerprint density at radius 3 is 1.00 bits per heavy atom. The second-order valence-electron chi connectivity index (χ2n) is 11.7. The Bertz CT molecular complexity index is 1320. The van der Waals surface area contributed by atoms with Crippen LogP contribution in [0.3, 0.4) is 0 Å². The Kier molecular flexibility index (Phi) is 11.4. The molecule has 2 fully saturated rings. The standard InChI is InChI=1S/2C19H20O3.Cu/c2*1-22-18(21)16-12-13-19(17(16)20,14-8-4-2-5-9-14)15-10-6-3-7-11-15;/h2*2-11,16-17,20H,12-13H2,1H3;/p+2. The predicted molar refractivity (Wildman–Crippen MR) is 173 cm³/mol. The monoisotopic (exact) mass is 657 g/mol. The van der Waals surface area contributed by atoms with Crippen molar-refractivity contribution in [1.29, 1.82) is 0 Å². The Morgan fingerprint density at radius 1 is 0.533 bits per heavy atom. The first kappa shape index (κ1) is 34.1. The van der Waals surface area contributed by atoms with Gasteiger partial charge in [-0.2, -0.15) is 0 Å². The fraction of sp³-hybridized carbons (Fsp3) is 0.316. The number of esters is 2. The average molecular weight is 658 g/mol. The zero-order valence-electron chi connectivity index (χ0n) is 25.6. The molecule has 6 rings (SSSR count). The van der Waals surface area contributed by atoms with Gasteiger partial charge in [-0.25, -0.2) is 0 Å². The maximum absolute atomic E-state index is 11.0. The first-order chi connectivity index (χ1) is 21.4. The number of carbonyl (C=O) groups excluding carboxylic acids is 2. The summed E-state index contributed by atoms with van der Waals surface area (Å²) in [6, 6.07) is 40.1. The number of aliphatic hydroxyl groups is 2. The Morgan fingerprint density at radius 2 is 0.778 bits per heavy atom. The van der Waals surface area contributed by atoms with E-state index < -0.39 is 23.0 Å². The van der Waals surface area contributed by atoms with E-state index in [-0.39, 0.29) is 40.8 Å². The van der Waals surface area contributed by atoms with Crippen molar-refractivity contribution in [3.8, 4) is 0 Å². The van der Waals surface area contributed by atoms with Gasteiger partial charge in [-0.3, -0.25) is 0 Å². The summed E-state index contributed by atoms with van der Waals surface area (Å²) in [5.74, 6) is -0.904. The smallest absolute Gasteiger partial charge is 0.391 e. The van der Waals surface area contributed by atoms with Crippen LogP contribution in [0, 0.1) is 11.8 Å². The summed E-state index contributed by atoms with van der Waals surface area (Å²) in [6.07, 6.45) is 1.45. The van der Waals surface area contributed by atoms with Gasteiger partial charge in [0.05, 0.1) is 12.2 Å². The van der Waals surface area contributed by atoms with E-state index in [0.717, 1.165) is 35.1 Å². The fourth-order valence-corrected chi connectivity index (χ4v) is 7.42. The van der Waals surface area contributed by atoms with Crippen LogP contribution in [0.15, 0.2) is 121 Å². The quantitative estimate of drug-likeness (QED) is 0.156. The van der Waals surface area contributed by atoms with Crippen molar-refractivity contribution in [1.82, 2.24) is 0 Å². The maximum Gasteiger partial charge on any atom is 0.488 e. The number of aliphatic hydroxyl groups excluding tert-OH is 2. The molecule has 4 N–H and O–H groups in total. The van der Waals surface area contributed by atoms with Crippen molar-refractivity contribution < 1.29 is 46.3 Å². The number of hydrogen-bond acceptors (Lipinski definition) is 4. The van der Waals surface area contributed by atoms with E-state index in [1.54, 1.807) is 0 Å². The van der Waals surface area contributed by atoms with Gasteiger partial charge in [0.2, 0.25) is 0 Å². The van der Waals surface area contributed by atoms with Crippen LogP contribution in [-0.4, -0.2) is 58.2 Å². The van der Waals surface area contributed by atoms with Crippen LogP contribution in [0.2, 0.25) is 0 Å². The molecule has 0 heterocycles. The van der Waals surface area contributed by atoms with Gasteiger partial charge in [-0.15, -0.1) is 0 Å². The fourth-order valence-electron chi connectivity index (χ4n) is 7.42.